The third kappa shape index (κ3) is 5.54. The predicted molar refractivity (Wildman–Crippen MR) is 44.0 cm³/mol. The maximum Gasteiger partial charge on any atom is 0.155 e. The Kier molecular flexibility index (Phi) is 6.14. The van der Waals surface area contributed by atoms with Crippen LogP contribution in [0.2, 0.25) is 0 Å². The van der Waals surface area contributed by atoms with E-state index in [4.69, 9.17) is 0 Å². The topological polar surface area (TPSA) is 17.1 Å². The van der Waals surface area contributed by atoms with Gasteiger partial charge in [0.25, 0.3) is 0 Å². The Balaban J connectivity index is 3.27. The smallest absolute Gasteiger partial charge is 0.155 e. The van der Waals surface area contributed by atoms with Crippen LogP contribution >= 0.6 is 0 Å². The van der Waals surface area contributed by atoms with Gasteiger partial charge in [-0.25, -0.2) is 0 Å². The first-order chi connectivity index (χ1) is 4.81. The summed E-state index contributed by atoms with van der Waals surface area (Å²) in [5.41, 5.74) is 0. The molecule has 0 fully saturated rings. The first-order valence-corrected chi connectivity index (χ1v) is 4.00. The molecule has 0 saturated heterocycles. The zero-order valence-electron chi connectivity index (χ0n) is 6.89. The first-order valence-electron chi connectivity index (χ1n) is 4.00. The van der Waals surface area contributed by atoms with Gasteiger partial charge in [-0.3, -0.25) is 4.79 Å². The third-order valence-electron chi connectivity index (χ3n) is 1.38. The van der Waals surface area contributed by atoms with Gasteiger partial charge in [0.1, 0.15) is 0 Å². The Morgan fingerprint density at radius 3 is 2.60 bits per heavy atom. The zero-order valence-corrected chi connectivity index (χ0v) is 6.89. The first kappa shape index (κ1) is 9.41. The molecule has 1 nitrogen and oxygen atoms in total. The van der Waals surface area contributed by atoms with Crippen LogP contribution in [-0.2, 0) is 4.79 Å². The van der Waals surface area contributed by atoms with Gasteiger partial charge in [-0.15, -0.1) is 0 Å². The second kappa shape index (κ2) is 6.53. The predicted octanol–water partition coefficient (Wildman–Crippen LogP) is 2.71. The van der Waals surface area contributed by atoms with Crippen LogP contribution in [-0.4, -0.2) is 5.78 Å². The average Bonchev–Trinajstić information content (AvgIpc) is 1.98. The molecule has 0 aliphatic carbocycles. The molecule has 0 atom stereocenters. The van der Waals surface area contributed by atoms with E-state index in [9.17, 15) is 4.79 Å². The Labute approximate surface area is 63.1 Å². The van der Waals surface area contributed by atoms with Crippen molar-refractivity contribution in [2.45, 2.75) is 39.5 Å². The number of hydrogen-bond acceptors (Lipinski definition) is 1. The molecular formula is C9H16O. The lowest BCUT2D eigenvalue weighted by atomic mass is 10.2. The number of hydrogen-bond donors (Lipinski definition) is 0. The van der Waals surface area contributed by atoms with Gasteiger partial charge in [0, 0.05) is 6.42 Å². The standard InChI is InChI=1S/C9H16O/c1-3-5-6-7-8-9(10)4-2/h7-8H,3-6H2,1-2H3/b8-7-. The van der Waals surface area contributed by atoms with Crippen molar-refractivity contribution < 1.29 is 4.79 Å². The monoisotopic (exact) mass is 140 g/mol. The van der Waals surface area contributed by atoms with Crippen LogP contribution in [0.1, 0.15) is 39.5 Å². The van der Waals surface area contributed by atoms with Crippen LogP contribution in [0, 0.1) is 0 Å². The molecule has 0 aliphatic rings. The number of ketones is 1. The molecule has 58 valence electrons. The molecule has 0 rings (SSSR count). The van der Waals surface area contributed by atoms with E-state index in [0.29, 0.717) is 6.42 Å². The molecular weight excluding hydrogens is 124 g/mol. The number of allylic oxidation sites excluding steroid dienone is 2. The number of rotatable bonds is 5. The molecule has 0 N–H and O–H groups in total. The number of carbonyl (C=O) groups is 1. The van der Waals surface area contributed by atoms with Gasteiger partial charge in [-0.1, -0.05) is 32.8 Å². The molecule has 0 bridgehead atoms. The molecule has 0 spiro atoms. The van der Waals surface area contributed by atoms with Crippen molar-refractivity contribution in [1.29, 1.82) is 0 Å². The molecule has 10 heavy (non-hydrogen) atoms. The van der Waals surface area contributed by atoms with Gasteiger partial charge in [0.05, 0.1) is 0 Å². The van der Waals surface area contributed by atoms with Crippen LogP contribution in [0.3, 0.4) is 0 Å². The van der Waals surface area contributed by atoms with E-state index in [0.717, 1.165) is 6.42 Å². The van der Waals surface area contributed by atoms with E-state index in [-0.39, 0.29) is 5.78 Å². The molecule has 0 heterocycles. The normalized spacial score (nSPS) is 10.6. The Bertz CT molecular complexity index is 114. The van der Waals surface area contributed by atoms with Crippen LogP contribution in [0.25, 0.3) is 0 Å². The fourth-order valence-corrected chi connectivity index (χ4v) is 0.655. The molecule has 0 amide bonds. The molecule has 0 saturated carbocycles. The van der Waals surface area contributed by atoms with Crippen LogP contribution in [0.4, 0.5) is 0 Å². The minimum absolute atomic E-state index is 0.233. The molecule has 0 radical (unpaired) electrons. The van der Waals surface area contributed by atoms with Gasteiger partial charge >= 0.3 is 0 Å². The average molecular weight is 140 g/mol. The quantitative estimate of drug-likeness (QED) is 0.424. The third-order valence-corrected chi connectivity index (χ3v) is 1.38. The summed E-state index contributed by atoms with van der Waals surface area (Å²) >= 11 is 0. The lowest BCUT2D eigenvalue weighted by molar-refractivity contribution is -0.114. The van der Waals surface area contributed by atoms with Gasteiger partial charge in [-0.2, -0.15) is 0 Å². The zero-order chi connectivity index (χ0) is 7.82. The highest BCUT2D eigenvalue weighted by molar-refractivity contribution is 5.89. The fourth-order valence-electron chi connectivity index (χ4n) is 0.655. The fraction of sp³-hybridized carbons (Fsp3) is 0.667. The molecule has 0 aliphatic heterocycles. The van der Waals surface area contributed by atoms with Crippen molar-refractivity contribution in [2.75, 3.05) is 0 Å². The summed E-state index contributed by atoms with van der Waals surface area (Å²) < 4.78 is 0. The van der Waals surface area contributed by atoms with E-state index in [1.165, 1.54) is 12.8 Å². The number of unbranched alkanes of at least 4 members (excludes halogenated alkanes) is 2. The van der Waals surface area contributed by atoms with Crippen molar-refractivity contribution in [3.05, 3.63) is 12.2 Å². The van der Waals surface area contributed by atoms with Crippen molar-refractivity contribution >= 4 is 5.78 Å². The molecule has 1 heteroatoms. The highest BCUT2D eigenvalue weighted by Gasteiger charge is 1.87. The van der Waals surface area contributed by atoms with E-state index in [1.54, 1.807) is 6.08 Å². The van der Waals surface area contributed by atoms with E-state index >= 15 is 0 Å². The minimum atomic E-state index is 0.233. The van der Waals surface area contributed by atoms with Crippen LogP contribution in [0.5, 0.6) is 0 Å². The summed E-state index contributed by atoms with van der Waals surface area (Å²) in [6.07, 6.45) is 7.72. The second-order valence-corrected chi connectivity index (χ2v) is 2.36. The molecule has 0 aromatic rings. The van der Waals surface area contributed by atoms with Crippen molar-refractivity contribution in [3.8, 4) is 0 Å². The lowest BCUT2D eigenvalue weighted by Crippen LogP contribution is -1.86. The Morgan fingerprint density at radius 1 is 1.40 bits per heavy atom. The highest BCUT2D eigenvalue weighted by atomic mass is 16.1. The van der Waals surface area contributed by atoms with E-state index in [1.807, 2.05) is 13.0 Å². The van der Waals surface area contributed by atoms with Crippen molar-refractivity contribution in [2.24, 2.45) is 0 Å². The van der Waals surface area contributed by atoms with Crippen molar-refractivity contribution in [1.82, 2.24) is 0 Å². The second-order valence-electron chi connectivity index (χ2n) is 2.36. The summed E-state index contributed by atoms with van der Waals surface area (Å²) in [6.45, 7) is 4.03. The van der Waals surface area contributed by atoms with Gasteiger partial charge < -0.3 is 0 Å². The van der Waals surface area contributed by atoms with Gasteiger partial charge in [-0.05, 0) is 12.5 Å². The molecule has 0 aromatic carbocycles. The maximum absolute atomic E-state index is 10.7. The molecule has 0 aromatic heterocycles. The van der Waals surface area contributed by atoms with E-state index < -0.39 is 0 Å². The van der Waals surface area contributed by atoms with E-state index in [2.05, 4.69) is 6.92 Å². The number of carbonyl (C=O) groups excluding carboxylic acids is 1. The summed E-state index contributed by atoms with van der Waals surface area (Å²) in [5, 5.41) is 0. The molecule has 0 unspecified atom stereocenters. The maximum atomic E-state index is 10.7. The summed E-state index contributed by atoms with van der Waals surface area (Å²) in [7, 11) is 0. The summed E-state index contributed by atoms with van der Waals surface area (Å²) in [4.78, 5) is 10.7. The SMILES string of the molecule is CCCC/C=C\C(=O)CC. The van der Waals surface area contributed by atoms with Gasteiger partial charge in [0.15, 0.2) is 5.78 Å². The lowest BCUT2D eigenvalue weighted by Gasteiger charge is -1.87. The summed E-state index contributed by atoms with van der Waals surface area (Å²) in [6, 6.07) is 0. The highest BCUT2D eigenvalue weighted by Crippen LogP contribution is 1.95. The largest absolute Gasteiger partial charge is 0.295 e. The van der Waals surface area contributed by atoms with Crippen molar-refractivity contribution in [3.63, 3.8) is 0 Å². The van der Waals surface area contributed by atoms with Gasteiger partial charge in [0.2, 0.25) is 0 Å². The van der Waals surface area contributed by atoms with Crippen LogP contribution < -0.4 is 0 Å². The van der Waals surface area contributed by atoms with Crippen LogP contribution in [0.15, 0.2) is 12.2 Å². The summed E-state index contributed by atoms with van der Waals surface area (Å²) in [5.74, 6) is 0.233. The Hall–Kier alpha value is -0.590. The minimum Gasteiger partial charge on any atom is -0.295 e. The Morgan fingerprint density at radius 2 is 2.10 bits per heavy atom.